The maximum atomic E-state index is 12.2. The van der Waals surface area contributed by atoms with Gasteiger partial charge in [0.25, 0.3) is 5.91 Å². The summed E-state index contributed by atoms with van der Waals surface area (Å²) in [6, 6.07) is 13.7. The Bertz CT molecular complexity index is 650. The highest BCUT2D eigenvalue weighted by Crippen LogP contribution is 2.36. The van der Waals surface area contributed by atoms with Gasteiger partial charge in [0, 0.05) is 17.5 Å². The Morgan fingerprint density at radius 3 is 2.71 bits per heavy atom. The minimum absolute atomic E-state index is 0.00653. The van der Waals surface area contributed by atoms with Crippen molar-refractivity contribution in [2.24, 2.45) is 0 Å². The molecule has 2 aromatic rings. The molecule has 0 N–H and O–H groups in total. The van der Waals surface area contributed by atoms with Gasteiger partial charge in [-0.25, -0.2) is 0 Å². The number of carbonyl (C=O) groups excluding carboxylic acids is 1. The van der Waals surface area contributed by atoms with E-state index in [4.69, 9.17) is 5.26 Å². The molecule has 2 aromatic carbocycles. The Kier molecular flexibility index (Phi) is 2.09. The molecule has 1 amide bonds. The molecule has 0 radical (unpaired) electrons. The van der Waals surface area contributed by atoms with Crippen molar-refractivity contribution in [3.8, 4) is 6.07 Å². The van der Waals surface area contributed by atoms with Crippen molar-refractivity contribution >= 4 is 22.4 Å². The first-order valence-electron chi connectivity index (χ1n) is 5.53. The van der Waals surface area contributed by atoms with Crippen molar-refractivity contribution in [1.82, 2.24) is 0 Å². The molecule has 3 heteroatoms. The minimum atomic E-state index is 0.00653. The first-order valence-corrected chi connectivity index (χ1v) is 5.53. The van der Waals surface area contributed by atoms with E-state index in [-0.39, 0.29) is 5.91 Å². The van der Waals surface area contributed by atoms with Crippen LogP contribution in [0.15, 0.2) is 36.4 Å². The summed E-state index contributed by atoms with van der Waals surface area (Å²) in [4.78, 5) is 13.9. The third kappa shape index (κ3) is 1.31. The number of benzene rings is 2. The second-order valence-corrected chi connectivity index (χ2v) is 4.05. The zero-order valence-corrected chi connectivity index (χ0v) is 9.18. The molecule has 1 heterocycles. The smallest absolute Gasteiger partial charge is 0.259 e. The highest BCUT2D eigenvalue weighted by molar-refractivity contribution is 6.24. The third-order valence-corrected chi connectivity index (χ3v) is 3.10. The predicted octanol–water partition coefficient (Wildman–Crippen LogP) is 2.71. The maximum Gasteiger partial charge on any atom is 0.259 e. The van der Waals surface area contributed by atoms with E-state index < -0.39 is 0 Å². The molecule has 17 heavy (non-hydrogen) atoms. The molecule has 0 bridgehead atoms. The summed E-state index contributed by atoms with van der Waals surface area (Å²) in [5.74, 6) is 0.00653. The molecule has 0 saturated heterocycles. The van der Waals surface area contributed by atoms with E-state index in [0.717, 1.165) is 22.0 Å². The van der Waals surface area contributed by atoms with Crippen LogP contribution in [0.25, 0.3) is 10.8 Å². The Hall–Kier alpha value is -2.34. The second kappa shape index (κ2) is 3.60. The van der Waals surface area contributed by atoms with Gasteiger partial charge in [-0.05, 0) is 17.5 Å². The minimum Gasteiger partial charge on any atom is -0.307 e. The highest BCUT2D eigenvalue weighted by Gasteiger charge is 2.28. The molecule has 0 aromatic heterocycles. The molecule has 3 nitrogen and oxygen atoms in total. The second-order valence-electron chi connectivity index (χ2n) is 4.05. The largest absolute Gasteiger partial charge is 0.307 e. The zero-order valence-electron chi connectivity index (χ0n) is 9.18. The number of rotatable bonds is 2. The normalized spacial score (nSPS) is 13.1. The lowest BCUT2D eigenvalue weighted by molar-refractivity contribution is 0.0993. The highest BCUT2D eigenvalue weighted by atomic mass is 16.2. The predicted molar refractivity (Wildman–Crippen MR) is 65.9 cm³/mol. The maximum absolute atomic E-state index is 12.2. The van der Waals surface area contributed by atoms with Gasteiger partial charge in [0.05, 0.1) is 18.2 Å². The average molecular weight is 222 g/mol. The number of nitriles is 1. The Morgan fingerprint density at radius 1 is 1.18 bits per heavy atom. The lowest BCUT2D eigenvalue weighted by atomic mass is 10.1. The molecule has 0 spiro atoms. The molecule has 0 unspecified atom stereocenters. The number of nitrogens with zero attached hydrogens (tertiary/aromatic N) is 2. The molecular formula is C14H10N2O. The Labute approximate surface area is 98.9 Å². The van der Waals surface area contributed by atoms with Crippen molar-refractivity contribution in [2.75, 3.05) is 11.4 Å². The van der Waals surface area contributed by atoms with Crippen LogP contribution in [0.2, 0.25) is 0 Å². The standard InChI is InChI=1S/C14H10N2O/c15-8-3-9-16-12-7-2-5-10-4-1-6-11(13(10)12)14(16)17/h1-2,4-7H,3,9H2. The van der Waals surface area contributed by atoms with Crippen LogP contribution < -0.4 is 4.90 Å². The lowest BCUT2D eigenvalue weighted by Crippen LogP contribution is -2.27. The van der Waals surface area contributed by atoms with Crippen molar-refractivity contribution in [3.63, 3.8) is 0 Å². The molecule has 0 saturated carbocycles. The summed E-state index contributed by atoms with van der Waals surface area (Å²) in [5.41, 5.74) is 1.68. The van der Waals surface area contributed by atoms with Gasteiger partial charge >= 0.3 is 0 Å². The van der Waals surface area contributed by atoms with Gasteiger partial charge in [0.1, 0.15) is 0 Å². The summed E-state index contributed by atoms with van der Waals surface area (Å²) >= 11 is 0. The van der Waals surface area contributed by atoms with Crippen molar-refractivity contribution in [3.05, 3.63) is 42.0 Å². The van der Waals surface area contributed by atoms with Gasteiger partial charge < -0.3 is 4.90 Å². The van der Waals surface area contributed by atoms with Crippen molar-refractivity contribution < 1.29 is 4.79 Å². The number of hydrogen-bond donors (Lipinski definition) is 0. The van der Waals surface area contributed by atoms with E-state index in [0.29, 0.717) is 13.0 Å². The number of anilines is 1. The van der Waals surface area contributed by atoms with Crippen LogP contribution in [-0.2, 0) is 0 Å². The Balaban J connectivity index is 2.21. The quantitative estimate of drug-likeness (QED) is 0.784. The van der Waals surface area contributed by atoms with E-state index in [9.17, 15) is 4.79 Å². The van der Waals surface area contributed by atoms with Gasteiger partial charge in [-0.1, -0.05) is 24.3 Å². The van der Waals surface area contributed by atoms with Crippen LogP contribution in [0, 0.1) is 11.3 Å². The molecule has 0 atom stereocenters. The zero-order chi connectivity index (χ0) is 11.8. The van der Waals surface area contributed by atoms with Gasteiger partial charge in [-0.15, -0.1) is 0 Å². The first-order chi connectivity index (χ1) is 8.33. The van der Waals surface area contributed by atoms with Crippen LogP contribution >= 0.6 is 0 Å². The number of amides is 1. The van der Waals surface area contributed by atoms with E-state index >= 15 is 0 Å². The Morgan fingerprint density at radius 2 is 1.94 bits per heavy atom. The average Bonchev–Trinajstić information content (AvgIpc) is 2.64. The molecule has 82 valence electrons. The van der Waals surface area contributed by atoms with Crippen LogP contribution in [0.1, 0.15) is 16.8 Å². The molecule has 1 aliphatic heterocycles. The van der Waals surface area contributed by atoms with Crippen LogP contribution in [0.3, 0.4) is 0 Å². The van der Waals surface area contributed by atoms with Crippen LogP contribution in [-0.4, -0.2) is 12.5 Å². The van der Waals surface area contributed by atoms with Gasteiger partial charge in [0.15, 0.2) is 0 Å². The van der Waals surface area contributed by atoms with Gasteiger partial charge in [-0.3, -0.25) is 4.79 Å². The molecule has 3 rings (SSSR count). The summed E-state index contributed by atoms with van der Waals surface area (Å²) in [7, 11) is 0. The fraction of sp³-hybridized carbons (Fsp3) is 0.143. The number of hydrogen-bond acceptors (Lipinski definition) is 2. The van der Waals surface area contributed by atoms with Crippen LogP contribution in [0.4, 0.5) is 5.69 Å². The number of carbonyl (C=O) groups is 1. The third-order valence-electron chi connectivity index (χ3n) is 3.10. The SMILES string of the molecule is N#CCCN1C(=O)c2cccc3cccc1c23. The van der Waals surface area contributed by atoms with E-state index in [1.165, 1.54) is 0 Å². The van der Waals surface area contributed by atoms with Crippen molar-refractivity contribution in [1.29, 1.82) is 5.26 Å². The summed E-state index contributed by atoms with van der Waals surface area (Å²) < 4.78 is 0. The van der Waals surface area contributed by atoms with Crippen molar-refractivity contribution in [2.45, 2.75) is 6.42 Å². The summed E-state index contributed by atoms with van der Waals surface area (Å²) in [5, 5.41) is 10.7. The van der Waals surface area contributed by atoms with Crippen LogP contribution in [0.5, 0.6) is 0 Å². The monoisotopic (exact) mass is 222 g/mol. The van der Waals surface area contributed by atoms with E-state index in [1.807, 2.05) is 36.4 Å². The molecular weight excluding hydrogens is 212 g/mol. The molecule has 1 aliphatic rings. The lowest BCUT2D eigenvalue weighted by Gasteiger charge is -2.15. The molecule has 0 aliphatic carbocycles. The topological polar surface area (TPSA) is 44.1 Å². The van der Waals surface area contributed by atoms with Gasteiger partial charge in [-0.2, -0.15) is 5.26 Å². The first kappa shape index (κ1) is 9.86. The van der Waals surface area contributed by atoms with E-state index in [2.05, 4.69) is 6.07 Å². The van der Waals surface area contributed by atoms with Gasteiger partial charge in [0.2, 0.25) is 0 Å². The fourth-order valence-corrected chi connectivity index (χ4v) is 2.36. The summed E-state index contributed by atoms with van der Waals surface area (Å²) in [6.45, 7) is 0.461. The molecule has 0 fully saturated rings. The van der Waals surface area contributed by atoms with E-state index in [1.54, 1.807) is 4.90 Å². The summed E-state index contributed by atoms with van der Waals surface area (Å²) in [6.07, 6.45) is 0.357. The fourth-order valence-electron chi connectivity index (χ4n) is 2.36.